The fourth-order valence-electron chi connectivity index (χ4n) is 3.88. The molecule has 0 bridgehead atoms. The van der Waals surface area contributed by atoms with Crippen molar-refractivity contribution < 1.29 is 19.4 Å². The Labute approximate surface area is 167 Å². The molecule has 1 saturated carbocycles. The van der Waals surface area contributed by atoms with Crippen molar-refractivity contribution in [3.05, 3.63) is 27.1 Å². The molecule has 2 aromatic heterocycles. The molecule has 28 heavy (non-hydrogen) atoms. The maximum Gasteiger partial charge on any atom is 0.346 e. The number of carbonyl (C=O) groups is 2. The fourth-order valence-corrected chi connectivity index (χ4v) is 4.86. The summed E-state index contributed by atoms with van der Waals surface area (Å²) >= 11 is 0.964. The van der Waals surface area contributed by atoms with Crippen LogP contribution >= 0.6 is 11.3 Å². The first-order valence-electron chi connectivity index (χ1n) is 9.49. The lowest BCUT2D eigenvalue weighted by Crippen LogP contribution is -2.32. The Bertz CT molecular complexity index is 961. The molecule has 2 aromatic rings. The van der Waals surface area contributed by atoms with E-state index in [1.165, 1.54) is 10.9 Å². The number of carbonyl (C=O) groups excluding carboxylic acids is 1. The lowest BCUT2D eigenvalue weighted by Gasteiger charge is -2.36. The average Bonchev–Trinajstić information content (AvgIpc) is 2.95. The average molecular weight is 407 g/mol. The third-order valence-electron chi connectivity index (χ3n) is 5.61. The highest BCUT2D eigenvalue weighted by molar-refractivity contribution is 7.20. The first-order valence-corrected chi connectivity index (χ1v) is 10.3. The number of hydrogen-bond acceptors (Lipinski definition) is 6. The summed E-state index contributed by atoms with van der Waals surface area (Å²) in [6.07, 6.45) is 4.91. The van der Waals surface area contributed by atoms with Crippen molar-refractivity contribution in [1.29, 1.82) is 0 Å². The minimum Gasteiger partial charge on any atom is -0.477 e. The number of rotatable bonds is 4. The fraction of sp³-hybridized carbons (Fsp3) is 0.600. The van der Waals surface area contributed by atoms with Gasteiger partial charge in [0, 0.05) is 0 Å². The molecule has 1 N–H and O–H groups in total. The second-order valence-electron chi connectivity index (χ2n) is 8.55. The predicted molar refractivity (Wildman–Crippen MR) is 107 cm³/mol. The predicted octanol–water partition coefficient (Wildman–Crippen LogP) is 3.61. The quantitative estimate of drug-likeness (QED) is 0.779. The molecule has 1 aliphatic rings. The van der Waals surface area contributed by atoms with Gasteiger partial charge in [-0.15, -0.1) is 11.3 Å². The smallest absolute Gasteiger partial charge is 0.346 e. The van der Waals surface area contributed by atoms with Crippen LogP contribution in [0.25, 0.3) is 10.2 Å². The molecule has 0 amide bonds. The molecule has 0 atom stereocenters. The number of nitrogens with zero attached hydrogens (tertiary/aromatic N) is 2. The molecule has 1 fully saturated rings. The van der Waals surface area contributed by atoms with E-state index in [9.17, 15) is 19.5 Å². The molecule has 0 spiro atoms. The third kappa shape index (κ3) is 4.11. The summed E-state index contributed by atoms with van der Waals surface area (Å²) in [6.45, 7) is 8.08. The molecule has 1 aliphatic carbocycles. The van der Waals surface area contributed by atoms with E-state index in [2.05, 4.69) is 25.8 Å². The van der Waals surface area contributed by atoms with Crippen molar-refractivity contribution in [1.82, 2.24) is 9.55 Å². The second kappa shape index (κ2) is 7.66. The van der Waals surface area contributed by atoms with Crippen molar-refractivity contribution >= 4 is 33.5 Å². The van der Waals surface area contributed by atoms with Crippen LogP contribution < -0.4 is 5.56 Å². The van der Waals surface area contributed by atoms with Gasteiger partial charge in [0.15, 0.2) is 0 Å². The van der Waals surface area contributed by atoms with Crippen molar-refractivity contribution in [2.75, 3.05) is 0 Å². The van der Waals surface area contributed by atoms with E-state index in [-0.39, 0.29) is 28.3 Å². The van der Waals surface area contributed by atoms with Crippen LogP contribution in [0.4, 0.5) is 0 Å². The molecule has 2 heterocycles. The molecule has 7 nitrogen and oxygen atoms in total. The van der Waals surface area contributed by atoms with E-state index in [1.807, 2.05) is 0 Å². The van der Waals surface area contributed by atoms with E-state index in [1.54, 1.807) is 6.92 Å². The zero-order valence-electron chi connectivity index (χ0n) is 16.7. The Hall–Kier alpha value is -2.22. The molecule has 0 radical (unpaired) electrons. The number of aromatic carboxylic acids is 1. The molecule has 0 aromatic carbocycles. The Morgan fingerprint density at radius 1 is 1.29 bits per heavy atom. The number of thiophene rings is 1. The number of esters is 1. The van der Waals surface area contributed by atoms with Gasteiger partial charge in [-0.3, -0.25) is 14.2 Å². The zero-order chi connectivity index (χ0) is 20.6. The minimum absolute atomic E-state index is 0.0931. The van der Waals surface area contributed by atoms with Crippen LogP contribution in [0.5, 0.6) is 0 Å². The van der Waals surface area contributed by atoms with Gasteiger partial charge in [-0.25, -0.2) is 9.78 Å². The highest BCUT2D eigenvalue weighted by atomic mass is 32.1. The Morgan fingerprint density at radius 2 is 1.93 bits per heavy atom. The van der Waals surface area contributed by atoms with Gasteiger partial charge < -0.3 is 9.84 Å². The topological polar surface area (TPSA) is 98.5 Å². The summed E-state index contributed by atoms with van der Waals surface area (Å²) in [4.78, 5) is 40.9. The van der Waals surface area contributed by atoms with Gasteiger partial charge >= 0.3 is 11.9 Å². The number of carboxylic acid groups (broad SMARTS) is 1. The number of fused-ring (bicyclic) bond motifs is 1. The first-order chi connectivity index (χ1) is 13.1. The highest BCUT2D eigenvalue weighted by Gasteiger charge is 2.31. The van der Waals surface area contributed by atoms with Gasteiger partial charge in [0.1, 0.15) is 22.4 Å². The van der Waals surface area contributed by atoms with Gasteiger partial charge in [-0.1, -0.05) is 20.8 Å². The molecule has 152 valence electrons. The van der Waals surface area contributed by atoms with Crippen LogP contribution in [0, 0.1) is 18.3 Å². The van der Waals surface area contributed by atoms with Gasteiger partial charge in [0.25, 0.3) is 5.56 Å². The number of carboxylic acids is 1. The van der Waals surface area contributed by atoms with Gasteiger partial charge in [0.05, 0.1) is 11.7 Å². The standard InChI is InChI=1S/C20H26N2O5S/c1-11-15-17(28-16(11)19(25)26)21-10-22(18(15)24)9-14(23)27-13-7-5-12(6-8-13)20(2,3)4/h10,12-13H,5-9H2,1-4H3,(H,25,26). The van der Waals surface area contributed by atoms with E-state index < -0.39 is 17.5 Å². The molecule has 8 heteroatoms. The van der Waals surface area contributed by atoms with E-state index in [0.717, 1.165) is 37.0 Å². The molecule has 3 rings (SSSR count). The number of aromatic nitrogens is 2. The lowest BCUT2D eigenvalue weighted by molar-refractivity contribution is -0.152. The zero-order valence-corrected chi connectivity index (χ0v) is 17.5. The normalized spacial score (nSPS) is 20.3. The molecule has 0 unspecified atom stereocenters. The van der Waals surface area contributed by atoms with Crippen LogP contribution in [-0.2, 0) is 16.1 Å². The number of ether oxygens (including phenoxy) is 1. The minimum atomic E-state index is -1.09. The van der Waals surface area contributed by atoms with Gasteiger partial charge in [-0.05, 0) is 49.5 Å². The maximum atomic E-state index is 12.7. The third-order valence-corrected chi connectivity index (χ3v) is 6.80. The van der Waals surface area contributed by atoms with E-state index >= 15 is 0 Å². The van der Waals surface area contributed by atoms with E-state index in [0.29, 0.717) is 16.3 Å². The summed E-state index contributed by atoms with van der Waals surface area (Å²) in [6, 6.07) is 0. The summed E-state index contributed by atoms with van der Waals surface area (Å²) < 4.78 is 6.77. The van der Waals surface area contributed by atoms with Gasteiger partial charge in [0.2, 0.25) is 0 Å². The van der Waals surface area contributed by atoms with Crippen molar-refractivity contribution in [3.8, 4) is 0 Å². The summed E-state index contributed by atoms with van der Waals surface area (Å²) in [5.74, 6) is -0.924. The van der Waals surface area contributed by atoms with Crippen LogP contribution in [0.3, 0.4) is 0 Å². The van der Waals surface area contributed by atoms with Crippen LogP contribution in [0.1, 0.15) is 61.7 Å². The highest BCUT2D eigenvalue weighted by Crippen LogP contribution is 2.38. The molecule has 0 saturated heterocycles. The van der Waals surface area contributed by atoms with E-state index in [4.69, 9.17) is 4.74 Å². The van der Waals surface area contributed by atoms with Crippen molar-refractivity contribution in [3.63, 3.8) is 0 Å². The summed E-state index contributed by atoms with van der Waals surface area (Å²) in [5.41, 5.74) is 0.226. The Balaban J connectivity index is 1.69. The lowest BCUT2D eigenvalue weighted by atomic mass is 9.72. The summed E-state index contributed by atoms with van der Waals surface area (Å²) in [7, 11) is 0. The van der Waals surface area contributed by atoms with Crippen LogP contribution in [0.2, 0.25) is 0 Å². The first kappa shape index (κ1) is 20.5. The Kier molecular flexibility index (Phi) is 5.61. The Morgan fingerprint density at radius 3 is 2.50 bits per heavy atom. The van der Waals surface area contributed by atoms with Crippen LogP contribution in [-0.4, -0.2) is 32.7 Å². The largest absolute Gasteiger partial charge is 0.477 e. The van der Waals surface area contributed by atoms with Gasteiger partial charge in [-0.2, -0.15) is 0 Å². The SMILES string of the molecule is Cc1c(C(=O)O)sc2ncn(CC(=O)OC3CCC(C(C)(C)C)CC3)c(=O)c12. The second-order valence-corrected chi connectivity index (χ2v) is 9.55. The van der Waals surface area contributed by atoms with Crippen molar-refractivity contribution in [2.45, 2.75) is 66.0 Å². The number of aryl methyl sites for hydroxylation is 1. The maximum absolute atomic E-state index is 12.7. The summed E-state index contributed by atoms with van der Waals surface area (Å²) in [5, 5.41) is 9.48. The molecule has 0 aliphatic heterocycles. The monoisotopic (exact) mass is 406 g/mol. The number of hydrogen-bond donors (Lipinski definition) is 1. The molecular weight excluding hydrogens is 380 g/mol. The molecular formula is C20H26N2O5S. The van der Waals surface area contributed by atoms with Crippen molar-refractivity contribution in [2.24, 2.45) is 11.3 Å². The van der Waals surface area contributed by atoms with Crippen LogP contribution in [0.15, 0.2) is 11.1 Å².